The lowest BCUT2D eigenvalue weighted by Crippen LogP contribution is -2.39. The minimum atomic E-state index is -0.565. The maximum atomic E-state index is 11.8. The molecule has 0 aromatic carbocycles. The zero-order chi connectivity index (χ0) is 14.2. The molecule has 0 aliphatic heterocycles. The normalized spacial score (nSPS) is 15.4. The molecule has 0 bridgehead atoms. The Labute approximate surface area is 113 Å². The summed E-state index contributed by atoms with van der Waals surface area (Å²) in [6.07, 6.45) is 0.0584. The lowest BCUT2D eigenvalue weighted by Gasteiger charge is -2.21. The summed E-state index contributed by atoms with van der Waals surface area (Å²) in [6.45, 7) is 5.76. The molecule has 0 amide bonds. The first-order valence-electron chi connectivity index (χ1n) is 6.00. The average molecular weight is 279 g/mol. The molecule has 0 aromatic heterocycles. The van der Waals surface area contributed by atoms with Crippen molar-refractivity contribution in [3.63, 3.8) is 0 Å². The summed E-state index contributed by atoms with van der Waals surface area (Å²) in [5.74, 6) is 1.36. The lowest BCUT2D eigenvalue weighted by atomic mass is 9.86. The van der Waals surface area contributed by atoms with Crippen LogP contribution in [-0.4, -0.2) is 48.3 Å². The van der Waals surface area contributed by atoms with Crippen LogP contribution in [0.25, 0.3) is 0 Å². The van der Waals surface area contributed by atoms with Crippen LogP contribution in [0.4, 0.5) is 0 Å². The highest BCUT2D eigenvalue weighted by molar-refractivity contribution is 7.99. The van der Waals surface area contributed by atoms with Gasteiger partial charge in [-0.15, -0.1) is 0 Å². The Morgan fingerprint density at radius 2 is 2.06 bits per heavy atom. The predicted octanol–water partition coefficient (Wildman–Crippen LogP) is 0.991. The average Bonchev–Trinajstić information content (AvgIpc) is 2.29. The summed E-state index contributed by atoms with van der Waals surface area (Å²) in [5.41, 5.74) is 5.44. The van der Waals surface area contributed by atoms with E-state index >= 15 is 0 Å². The Balaban J connectivity index is 3.69. The van der Waals surface area contributed by atoms with E-state index in [0.717, 1.165) is 5.75 Å². The van der Waals surface area contributed by atoms with Crippen molar-refractivity contribution in [2.45, 2.75) is 39.3 Å². The fraction of sp³-hybridized carbons (Fsp3) is 0.917. The lowest BCUT2D eigenvalue weighted by molar-refractivity contribution is -0.282. The number of hydrogen-bond donors (Lipinski definition) is 2. The molecule has 0 aromatic rings. The second-order valence-corrected chi connectivity index (χ2v) is 6.34. The molecule has 0 aliphatic rings. The van der Waals surface area contributed by atoms with Crippen molar-refractivity contribution in [1.29, 1.82) is 0 Å². The first-order valence-corrected chi connectivity index (χ1v) is 7.15. The highest BCUT2D eigenvalue weighted by Crippen LogP contribution is 2.18. The minimum Gasteiger partial charge on any atom is -0.390 e. The van der Waals surface area contributed by atoms with Gasteiger partial charge in [0.25, 0.3) is 0 Å². The summed E-state index contributed by atoms with van der Waals surface area (Å²) in [6, 6.07) is -0.426. The van der Waals surface area contributed by atoms with Crippen molar-refractivity contribution < 1.29 is 19.7 Å². The van der Waals surface area contributed by atoms with Crippen LogP contribution in [0.5, 0.6) is 0 Å². The van der Waals surface area contributed by atoms with E-state index in [4.69, 9.17) is 5.73 Å². The molecule has 0 radical (unpaired) electrons. The monoisotopic (exact) mass is 279 g/mol. The molecule has 2 atom stereocenters. The Kier molecular flexibility index (Phi) is 8.81. The van der Waals surface area contributed by atoms with Crippen molar-refractivity contribution in [3.05, 3.63) is 0 Å². The molecular formula is C12H25NO4S. The highest BCUT2D eigenvalue weighted by Gasteiger charge is 2.26. The molecule has 108 valence electrons. The Morgan fingerprint density at radius 1 is 1.44 bits per heavy atom. The molecule has 5 nitrogen and oxygen atoms in total. The topological polar surface area (TPSA) is 81.8 Å². The molecule has 0 rings (SSSR count). The van der Waals surface area contributed by atoms with E-state index in [2.05, 4.69) is 9.78 Å². The van der Waals surface area contributed by atoms with E-state index in [9.17, 15) is 9.90 Å². The van der Waals surface area contributed by atoms with Crippen LogP contribution >= 0.6 is 11.8 Å². The van der Waals surface area contributed by atoms with Crippen LogP contribution in [-0.2, 0) is 14.6 Å². The number of carbonyl (C=O) groups excluding carboxylic acids is 1. The second kappa shape index (κ2) is 8.87. The number of rotatable bonds is 9. The largest absolute Gasteiger partial charge is 0.390 e. The van der Waals surface area contributed by atoms with Gasteiger partial charge in [-0.25, -0.2) is 9.78 Å². The summed E-state index contributed by atoms with van der Waals surface area (Å²) in [7, 11) is 1.40. The van der Waals surface area contributed by atoms with Crippen molar-refractivity contribution in [2.75, 3.05) is 25.2 Å². The van der Waals surface area contributed by atoms with Gasteiger partial charge in [0.15, 0.2) is 5.78 Å². The zero-order valence-corrected chi connectivity index (χ0v) is 12.5. The van der Waals surface area contributed by atoms with Crippen molar-refractivity contribution in [1.82, 2.24) is 0 Å². The van der Waals surface area contributed by atoms with Gasteiger partial charge in [0.2, 0.25) is 0 Å². The van der Waals surface area contributed by atoms with Crippen molar-refractivity contribution in [2.24, 2.45) is 11.1 Å². The fourth-order valence-electron chi connectivity index (χ4n) is 1.31. The summed E-state index contributed by atoms with van der Waals surface area (Å²) < 4.78 is 0. The smallest absolute Gasteiger partial charge is 0.154 e. The fourth-order valence-corrected chi connectivity index (χ4v) is 2.27. The molecule has 0 heterocycles. The first-order chi connectivity index (χ1) is 8.29. The first kappa shape index (κ1) is 17.9. The third-order valence-electron chi connectivity index (χ3n) is 2.34. The number of thioether (sulfide) groups is 1. The zero-order valence-electron chi connectivity index (χ0n) is 11.6. The van der Waals surface area contributed by atoms with E-state index < -0.39 is 17.6 Å². The molecule has 0 aliphatic carbocycles. The van der Waals surface area contributed by atoms with E-state index in [1.54, 1.807) is 11.8 Å². The van der Waals surface area contributed by atoms with Crippen LogP contribution in [0.1, 0.15) is 27.2 Å². The van der Waals surface area contributed by atoms with Crippen LogP contribution in [0.3, 0.4) is 0 Å². The van der Waals surface area contributed by atoms with E-state index in [0.29, 0.717) is 12.2 Å². The quantitative estimate of drug-likeness (QED) is 0.372. The Bertz CT molecular complexity index is 243. The Morgan fingerprint density at radius 3 is 2.56 bits per heavy atom. The molecule has 3 N–H and O–H groups in total. The highest BCUT2D eigenvalue weighted by atomic mass is 32.2. The van der Waals surface area contributed by atoms with Gasteiger partial charge in [-0.05, 0) is 12.2 Å². The molecule has 2 unspecified atom stereocenters. The van der Waals surface area contributed by atoms with Gasteiger partial charge in [0.05, 0.1) is 19.3 Å². The number of Topliss-reactive ketones (excluding diaryl/α,β-unsaturated/α-hetero) is 1. The standard InChI is InChI=1S/C12H25NO4S/c1-12(2,3)11(15)10(13)5-6-18-8-9(14)7-17-16-4/h9-10,14H,5-8,13H2,1-4H3. The maximum absolute atomic E-state index is 11.8. The van der Waals surface area contributed by atoms with E-state index in [-0.39, 0.29) is 12.4 Å². The van der Waals surface area contributed by atoms with Crippen LogP contribution in [0.15, 0.2) is 0 Å². The van der Waals surface area contributed by atoms with Gasteiger partial charge < -0.3 is 10.8 Å². The van der Waals surface area contributed by atoms with Gasteiger partial charge in [-0.1, -0.05) is 20.8 Å². The predicted molar refractivity (Wildman–Crippen MR) is 73.3 cm³/mol. The maximum Gasteiger partial charge on any atom is 0.154 e. The summed E-state index contributed by atoms with van der Waals surface area (Å²) >= 11 is 1.55. The summed E-state index contributed by atoms with van der Waals surface area (Å²) in [5, 5.41) is 9.46. The molecule has 0 saturated carbocycles. The molecule has 6 heteroatoms. The molecule has 0 saturated heterocycles. The third kappa shape index (κ3) is 8.05. The minimum absolute atomic E-state index is 0.0753. The van der Waals surface area contributed by atoms with Gasteiger partial charge in [0, 0.05) is 11.2 Å². The molecule has 0 spiro atoms. The Hall–Kier alpha value is -0.140. The van der Waals surface area contributed by atoms with Crippen LogP contribution < -0.4 is 5.73 Å². The summed E-state index contributed by atoms with van der Waals surface area (Å²) in [4.78, 5) is 20.8. The number of aliphatic hydroxyl groups excluding tert-OH is 1. The number of aliphatic hydroxyl groups is 1. The number of hydrogen-bond acceptors (Lipinski definition) is 6. The van der Waals surface area contributed by atoms with Crippen molar-refractivity contribution in [3.8, 4) is 0 Å². The number of carbonyl (C=O) groups is 1. The van der Waals surface area contributed by atoms with Gasteiger partial charge in [0.1, 0.15) is 6.61 Å². The van der Waals surface area contributed by atoms with Crippen molar-refractivity contribution >= 4 is 17.5 Å². The number of nitrogens with two attached hydrogens (primary N) is 1. The number of ketones is 1. The van der Waals surface area contributed by atoms with Gasteiger partial charge in [-0.3, -0.25) is 4.79 Å². The van der Waals surface area contributed by atoms with E-state index in [1.807, 2.05) is 20.8 Å². The van der Waals surface area contributed by atoms with Crippen LogP contribution in [0.2, 0.25) is 0 Å². The van der Waals surface area contributed by atoms with E-state index in [1.165, 1.54) is 7.11 Å². The van der Waals surface area contributed by atoms with Crippen LogP contribution in [0, 0.1) is 5.41 Å². The SMILES string of the molecule is COOCC(O)CSCCC(N)C(=O)C(C)(C)C. The van der Waals surface area contributed by atoms with Gasteiger partial charge >= 0.3 is 0 Å². The molecule has 18 heavy (non-hydrogen) atoms. The molecular weight excluding hydrogens is 254 g/mol. The third-order valence-corrected chi connectivity index (χ3v) is 3.48. The second-order valence-electron chi connectivity index (χ2n) is 5.19. The van der Waals surface area contributed by atoms with Gasteiger partial charge in [-0.2, -0.15) is 11.8 Å². The molecule has 0 fully saturated rings.